The van der Waals surface area contributed by atoms with Crippen LogP contribution in [0.3, 0.4) is 0 Å². The molecule has 2 amide bonds. The van der Waals surface area contributed by atoms with Crippen molar-refractivity contribution in [3.8, 4) is 5.75 Å². The first-order valence-corrected chi connectivity index (χ1v) is 9.49. The van der Waals surface area contributed by atoms with Crippen molar-refractivity contribution in [3.05, 3.63) is 29.8 Å². The van der Waals surface area contributed by atoms with Crippen molar-refractivity contribution in [1.82, 2.24) is 10.2 Å². The first-order chi connectivity index (χ1) is 12.0. The minimum Gasteiger partial charge on any atom is -0.491 e. The minimum absolute atomic E-state index is 0.0194. The first kappa shape index (κ1) is 16.7. The van der Waals surface area contributed by atoms with E-state index in [1.165, 1.54) is 12.8 Å². The van der Waals surface area contributed by atoms with Crippen LogP contribution < -0.4 is 10.1 Å². The molecule has 3 saturated heterocycles. The van der Waals surface area contributed by atoms with Crippen LogP contribution in [0.15, 0.2) is 24.3 Å². The van der Waals surface area contributed by atoms with Gasteiger partial charge in [-0.25, -0.2) is 4.79 Å². The number of ether oxygens (including phenoxy) is 2. The van der Waals surface area contributed by atoms with Crippen LogP contribution in [0.5, 0.6) is 5.75 Å². The highest BCUT2D eigenvalue weighted by atomic mass is 16.5. The van der Waals surface area contributed by atoms with Crippen molar-refractivity contribution in [2.75, 3.05) is 13.1 Å². The maximum atomic E-state index is 12.7. The number of rotatable bonds is 4. The van der Waals surface area contributed by atoms with Gasteiger partial charge >= 0.3 is 6.03 Å². The van der Waals surface area contributed by atoms with Crippen molar-refractivity contribution < 1.29 is 14.3 Å². The van der Waals surface area contributed by atoms with Gasteiger partial charge in [-0.3, -0.25) is 0 Å². The Morgan fingerprint density at radius 3 is 2.28 bits per heavy atom. The van der Waals surface area contributed by atoms with E-state index in [1.807, 2.05) is 49.9 Å². The zero-order chi connectivity index (χ0) is 17.6. The molecule has 0 unspecified atom stereocenters. The maximum Gasteiger partial charge on any atom is 0.317 e. The molecule has 0 aromatic heterocycles. The normalized spacial score (nSPS) is 31.3. The summed E-state index contributed by atoms with van der Waals surface area (Å²) >= 11 is 0. The van der Waals surface area contributed by atoms with E-state index >= 15 is 0 Å². The highest BCUT2D eigenvalue weighted by Gasteiger charge is 2.53. The molecule has 3 aliphatic rings. The lowest BCUT2D eigenvalue weighted by Gasteiger charge is -2.23. The van der Waals surface area contributed by atoms with Crippen LogP contribution in [0.1, 0.15) is 45.2 Å². The summed E-state index contributed by atoms with van der Waals surface area (Å²) in [6, 6.07) is 8.00. The van der Waals surface area contributed by atoms with E-state index in [-0.39, 0.29) is 18.2 Å². The van der Waals surface area contributed by atoms with E-state index < -0.39 is 0 Å². The molecular formula is C20H28N2O3. The van der Waals surface area contributed by atoms with Gasteiger partial charge in [0.2, 0.25) is 0 Å². The third-order valence-electron chi connectivity index (χ3n) is 5.83. The number of benzene rings is 1. The van der Waals surface area contributed by atoms with Gasteiger partial charge in [0, 0.05) is 24.9 Å². The van der Waals surface area contributed by atoms with E-state index in [2.05, 4.69) is 5.32 Å². The summed E-state index contributed by atoms with van der Waals surface area (Å²) in [6.45, 7) is 7.73. The SMILES string of the molecule is CC(C)Oc1ccc([C@H](C)NC(=O)N2C[C@H]3[C@H](C2)[C@H]2CC[C@H]3O2)cc1. The Bertz CT molecular complexity index is 612. The molecule has 25 heavy (non-hydrogen) atoms. The van der Waals surface area contributed by atoms with E-state index in [1.54, 1.807) is 0 Å². The van der Waals surface area contributed by atoms with Crippen LogP contribution in [0, 0.1) is 11.8 Å². The number of nitrogens with zero attached hydrogens (tertiary/aromatic N) is 1. The molecule has 2 bridgehead atoms. The van der Waals surface area contributed by atoms with Crippen molar-refractivity contribution >= 4 is 6.03 Å². The minimum atomic E-state index is -0.0194. The molecule has 0 saturated carbocycles. The van der Waals surface area contributed by atoms with Gasteiger partial charge in [-0.1, -0.05) is 12.1 Å². The van der Waals surface area contributed by atoms with Crippen LogP contribution in [-0.4, -0.2) is 42.3 Å². The van der Waals surface area contributed by atoms with Crippen molar-refractivity contribution in [1.29, 1.82) is 0 Å². The van der Waals surface area contributed by atoms with Gasteiger partial charge < -0.3 is 19.7 Å². The largest absolute Gasteiger partial charge is 0.491 e. The molecule has 136 valence electrons. The monoisotopic (exact) mass is 344 g/mol. The number of amides is 2. The molecule has 5 nitrogen and oxygen atoms in total. The lowest BCUT2D eigenvalue weighted by molar-refractivity contribution is 0.0737. The highest BCUT2D eigenvalue weighted by Crippen LogP contribution is 2.47. The van der Waals surface area contributed by atoms with E-state index in [9.17, 15) is 4.79 Å². The summed E-state index contributed by atoms with van der Waals surface area (Å²) < 4.78 is 11.7. The van der Waals surface area contributed by atoms with E-state index in [4.69, 9.17) is 9.47 Å². The van der Waals surface area contributed by atoms with Crippen LogP contribution in [0.4, 0.5) is 4.79 Å². The topological polar surface area (TPSA) is 50.8 Å². The predicted octanol–water partition coefficient (Wildman–Crippen LogP) is 3.35. The number of likely N-dealkylation sites (tertiary alicyclic amines) is 1. The zero-order valence-corrected chi connectivity index (χ0v) is 15.3. The number of hydrogen-bond donors (Lipinski definition) is 1. The van der Waals surface area contributed by atoms with Gasteiger partial charge in [0.15, 0.2) is 0 Å². The van der Waals surface area contributed by atoms with Crippen molar-refractivity contribution in [3.63, 3.8) is 0 Å². The fourth-order valence-corrected chi connectivity index (χ4v) is 4.59. The molecule has 5 heteroatoms. The fourth-order valence-electron chi connectivity index (χ4n) is 4.59. The molecule has 1 aromatic rings. The Morgan fingerprint density at radius 2 is 1.72 bits per heavy atom. The molecular weight excluding hydrogens is 316 g/mol. The Morgan fingerprint density at radius 1 is 1.12 bits per heavy atom. The summed E-state index contributed by atoms with van der Waals surface area (Å²) in [7, 11) is 0. The first-order valence-electron chi connectivity index (χ1n) is 9.49. The third kappa shape index (κ3) is 3.22. The standard InChI is InChI=1S/C20H28N2O3/c1-12(2)24-15-6-4-14(5-7-15)13(3)21-20(23)22-10-16-17(11-22)19-9-8-18(16)25-19/h4-7,12-13,16-19H,8-11H2,1-3H3,(H,21,23)/t13-,16-,17-,18+,19+/m0/s1. The molecule has 1 aromatic carbocycles. The fraction of sp³-hybridized carbons (Fsp3) is 0.650. The van der Waals surface area contributed by atoms with Gasteiger partial charge in [-0.2, -0.15) is 0 Å². The summed E-state index contributed by atoms with van der Waals surface area (Å²) in [5.74, 6) is 1.96. The number of hydrogen-bond acceptors (Lipinski definition) is 3. The molecule has 5 atom stereocenters. The van der Waals surface area contributed by atoms with Gasteiger partial charge in [-0.05, 0) is 51.3 Å². The maximum absolute atomic E-state index is 12.7. The lowest BCUT2D eigenvalue weighted by atomic mass is 9.82. The third-order valence-corrected chi connectivity index (χ3v) is 5.83. The number of nitrogens with one attached hydrogen (secondary N) is 1. The number of fused-ring (bicyclic) bond motifs is 5. The molecule has 4 rings (SSSR count). The molecule has 3 heterocycles. The van der Waals surface area contributed by atoms with Crippen LogP contribution >= 0.6 is 0 Å². The second-order valence-electron chi connectivity index (χ2n) is 7.93. The Balaban J connectivity index is 1.33. The van der Waals surface area contributed by atoms with Crippen LogP contribution in [0.25, 0.3) is 0 Å². The Labute approximate surface area is 149 Å². The zero-order valence-electron chi connectivity index (χ0n) is 15.3. The Hall–Kier alpha value is -1.75. The molecule has 0 spiro atoms. The van der Waals surface area contributed by atoms with Crippen LogP contribution in [-0.2, 0) is 4.74 Å². The average Bonchev–Trinajstić information content (AvgIpc) is 3.27. The highest BCUT2D eigenvalue weighted by molar-refractivity contribution is 5.75. The van der Waals surface area contributed by atoms with Gasteiger partial charge in [0.05, 0.1) is 24.4 Å². The van der Waals surface area contributed by atoms with Gasteiger partial charge in [0.25, 0.3) is 0 Å². The summed E-state index contributed by atoms with van der Waals surface area (Å²) in [5.41, 5.74) is 1.09. The van der Waals surface area contributed by atoms with E-state index in [0.717, 1.165) is 24.4 Å². The molecule has 1 N–H and O–H groups in total. The summed E-state index contributed by atoms with van der Waals surface area (Å²) in [4.78, 5) is 14.6. The van der Waals surface area contributed by atoms with Crippen LogP contribution in [0.2, 0.25) is 0 Å². The quantitative estimate of drug-likeness (QED) is 0.911. The van der Waals surface area contributed by atoms with E-state index in [0.29, 0.717) is 24.0 Å². The molecule has 3 aliphatic heterocycles. The van der Waals surface area contributed by atoms with Gasteiger partial charge in [0.1, 0.15) is 5.75 Å². The van der Waals surface area contributed by atoms with Crippen molar-refractivity contribution in [2.45, 2.75) is 58.0 Å². The van der Waals surface area contributed by atoms with Gasteiger partial charge in [-0.15, -0.1) is 0 Å². The number of carbonyl (C=O) groups is 1. The summed E-state index contributed by atoms with van der Waals surface area (Å²) in [6.07, 6.45) is 3.28. The molecule has 0 aliphatic carbocycles. The molecule has 3 fully saturated rings. The summed E-state index contributed by atoms with van der Waals surface area (Å²) in [5, 5.41) is 3.14. The Kier molecular flexibility index (Phi) is 4.36. The second-order valence-corrected chi connectivity index (χ2v) is 7.93. The smallest absolute Gasteiger partial charge is 0.317 e. The lowest BCUT2D eigenvalue weighted by Crippen LogP contribution is -2.40. The number of carbonyl (C=O) groups excluding carboxylic acids is 1. The average molecular weight is 344 g/mol. The number of urea groups is 1. The van der Waals surface area contributed by atoms with Crippen molar-refractivity contribution in [2.24, 2.45) is 11.8 Å². The predicted molar refractivity (Wildman–Crippen MR) is 95.6 cm³/mol. The second kappa shape index (κ2) is 6.52. The molecule has 0 radical (unpaired) electrons.